The Morgan fingerprint density at radius 2 is 1.88 bits per heavy atom. The molecule has 1 aliphatic carbocycles. The lowest BCUT2D eigenvalue weighted by Gasteiger charge is -2.09. The molecule has 0 amide bonds. The molecule has 0 unspecified atom stereocenters. The molecule has 1 saturated carbocycles. The maximum Gasteiger partial charge on any atom is 0.148 e. The average molecular weight is 227 g/mol. The maximum atomic E-state index is 4.32. The second-order valence-corrected chi connectivity index (χ2v) is 4.66. The highest BCUT2D eigenvalue weighted by Crippen LogP contribution is 2.24. The molecule has 1 fully saturated rings. The normalized spacial score (nSPS) is 16.2. The molecule has 88 valence electrons. The number of nitrogens with zero attached hydrogens (tertiary/aromatic N) is 1. The predicted octanol–water partition coefficient (Wildman–Crippen LogP) is 3.43. The van der Waals surface area contributed by atoms with E-state index in [0.29, 0.717) is 6.04 Å². The van der Waals surface area contributed by atoms with Gasteiger partial charge in [-0.15, -0.1) is 0 Å². The van der Waals surface area contributed by atoms with Gasteiger partial charge in [0.05, 0.1) is 5.69 Å². The first kappa shape index (κ1) is 10.4. The van der Waals surface area contributed by atoms with Crippen molar-refractivity contribution >= 4 is 5.82 Å². The summed E-state index contributed by atoms with van der Waals surface area (Å²) >= 11 is 0. The highest BCUT2D eigenvalue weighted by atomic mass is 15.2. The molecule has 1 heterocycles. The number of H-pyrrole nitrogens is 1. The fourth-order valence-electron chi connectivity index (χ4n) is 2.44. The molecule has 0 saturated heterocycles. The maximum absolute atomic E-state index is 4.32. The Morgan fingerprint density at radius 3 is 2.65 bits per heavy atom. The Labute approximate surface area is 101 Å². The van der Waals surface area contributed by atoms with Gasteiger partial charge in [-0.25, -0.2) is 0 Å². The first-order chi connectivity index (χ1) is 8.42. The smallest absolute Gasteiger partial charge is 0.148 e. The molecule has 17 heavy (non-hydrogen) atoms. The first-order valence-corrected chi connectivity index (χ1v) is 6.29. The van der Waals surface area contributed by atoms with Gasteiger partial charge >= 0.3 is 0 Å². The van der Waals surface area contributed by atoms with Gasteiger partial charge in [0.1, 0.15) is 5.82 Å². The number of anilines is 1. The van der Waals surface area contributed by atoms with Crippen molar-refractivity contribution in [1.82, 2.24) is 10.2 Å². The molecule has 3 heteroatoms. The summed E-state index contributed by atoms with van der Waals surface area (Å²) < 4.78 is 0. The van der Waals surface area contributed by atoms with Crippen molar-refractivity contribution in [3.05, 3.63) is 36.4 Å². The molecule has 0 aliphatic heterocycles. The molecule has 1 aromatic carbocycles. The van der Waals surface area contributed by atoms with Crippen LogP contribution >= 0.6 is 0 Å². The van der Waals surface area contributed by atoms with Crippen molar-refractivity contribution in [2.45, 2.75) is 31.7 Å². The largest absolute Gasteiger partial charge is 0.366 e. The zero-order valence-electron chi connectivity index (χ0n) is 9.82. The SMILES string of the molecule is c1ccc(-c2cc(NC3CCCC3)n[nH]2)cc1. The fraction of sp³-hybridized carbons (Fsp3) is 0.357. The molecule has 3 rings (SSSR count). The van der Waals surface area contributed by atoms with Crippen LogP contribution in [0.2, 0.25) is 0 Å². The molecule has 1 aliphatic rings. The summed E-state index contributed by atoms with van der Waals surface area (Å²) in [5.74, 6) is 0.968. The zero-order valence-corrected chi connectivity index (χ0v) is 9.82. The number of aromatic nitrogens is 2. The number of aromatic amines is 1. The quantitative estimate of drug-likeness (QED) is 0.843. The average Bonchev–Trinajstić information content (AvgIpc) is 3.02. The summed E-state index contributed by atoms with van der Waals surface area (Å²) in [5.41, 5.74) is 2.26. The van der Waals surface area contributed by atoms with Crippen molar-refractivity contribution in [2.24, 2.45) is 0 Å². The number of hydrogen-bond donors (Lipinski definition) is 2. The summed E-state index contributed by atoms with van der Waals surface area (Å²) in [7, 11) is 0. The van der Waals surface area contributed by atoms with Gasteiger partial charge in [-0.05, 0) is 18.4 Å². The van der Waals surface area contributed by atoms with E-state index in [9.17, 15) is 0 Å². The van der Waals surface area contributed by atoms with E-state index in [1.54, 1.807) is 0 Å². The van der Waals surface area contributed by atoms with Gasteiger partial charge in [0.2, 0.25) is 0 Å². The van der Waals surface area contributed by atoms with E-state index >= 15 is 0 Å². The van der Waals surface area contributed by atoms with E-state index in [4.69, 9.17) is 0 Å². The van der Waals surface area contributed by atoms with E-state index in [-0.39, 0.29) is 0 Å². The van der Waals surface area contributed by atoms with E-state index in [0.717, 1.165) is 11.5 Å². The topological polar surface area (TPSA) is 40.7 Å². The van der Waals surface area contributed by atoms with Crippen molar-refractivity contribution < 1.29 is 0 Å². The van der Waals surface area contributed by atoms with Crippen LogP contribution in [-0.2, 0) is 0 Å². The van der Waals surface area contributed by atoms with E-state index in [1.165, 1.54) is 31.2 Å². The lowest BCUT2D eigenvalue weighted by atomic mass is 10.1. The summed E-state index contributed by atoms with van der Waals surface area (Å²) in [5, 5.41) is 10.9. The monoisotopic (exact) mass is 227 g/mol. The Balaban J connectivity index is 1.74. The number of nitrogens with one attached hydrogen (secondary N) is 2. The molecule has 2 N–H and O–H groups in total. The minimum absolute atomic E-state index is 0.613. The highest BCUT2D eigenvalue weighted by Gasteiger charge is 2.15. The predicted molar refractivity (Wildman–Crippen MR) is 69.9 cm³/mol. The zero-order chi connectivity index (χ0) is 11.5. The van der Waals surface area contributed by atoms with E-state index in [2.05, 4.69) is 33.7 Å². The molecular formula is C14H17N3. The summed E-state index contributed by atoms with van der Waals surface area (Å²) in [6.07, 6.45) is 5.22. The van der Waals surface area contributed by atoms with Gasteiger partial charge in [0, 0.05) is 12.1 Å². The van der Waals surface area contributed by atoms with Gasteiger partial charge < -0.3 is 5.32 Å². The van der Waals surface area contributed by atoms with Crippen molar-refractivity contribution in [2.75, 3.05) is 5.32 Å². The van der Waals surface area contributed by atoms with Gasteiger partial charge in [-0.1, -0.05) is 43.2 Å². The van der Waals surface area contributed by atoms with Crippen LogP contribution in [0.25, 0.3) is 11.3 Å². The van der Waals surface area contributed by atoms with Gasteiger partial charge in [0.25, 0.3) is 0 Å². The van der Waals surface area contributed by atoms with Crippen molar-refractivity contribution in [3.8, 4) is 11.3 Å². The van der Waals surface area contributed by atoms with Crippen LogP contribution < -0.4 is 5.32 Å². The first-order valence-electron chi connectivity index (χ1n) is 6.29. The van der Waals surface area contributed by atoms with Gasteiger partial charge in [-0.3, -0.25) is 5.10 Å². The molecule has 0 spiro atoms. The second-order valence-electron chi connectivity index (χ2n) is 4.66. The van der Waals surface area contributed by atoms with Crippen molar-refractivity contribution in [3.63, 3.8) is 0 Å². The van der Waals surface area contributed by atoms with E-state index in [1.807, 2.05) is 18.2 Å². The fourth-order valence-corrected chi connectivity index (χ4v) is 2.44. The minimum Gasteiger partial charge on any atom is -0.366 e. The van der Waals surface area contributed by atoms with Crippen LogP contribution in [0, 0.1) is 0 Å². The van der Waals surface area contributed by atoms with Crippen LogP contribution in [0.3, 0.4) is 0 Å². The molecule has 1 aromatic heterocycles. The standard InChI is InChI=1S/C14H17N3/c1-2-6-11(7-3-1)13-10-14(17-16-13)15-12-8-4-5-9-12/h1-3,6-7,10,12H,4-5,8-9H2,(H2,15,16,17). The number of rotatable bonds is 3. The van der Waals surface area contributed by atoms with Crippen LogP contribution in [0.4, 0.5) is 5.82 Å². The summed E-state index contributed by atoms with van der Waals surface area (Å²) in [6.45, 7) is 0. The van der Waals surface area contributed by atoms with Crippen LogP contribution in [0.1, 0.15) is 25.7 Å². The molecule has 0 bridgehead atoms. The summed E-state index contributed by atoms with van der Waals surface area (Å²) in [4.78, 5) is 0. The lowest BCUT2D eigenvalue weighted by Crippen LogP contribution is -2.14. The third-order valence-electron chi connectivity index (χ3n) is 3.37. The minimum atomic E-state index is 0.613. The van der Waals surface area contributed by atoms with Crippen LogP contribution in [-0.4, -0.2) is 16.2 Å². The number of hydrogen-bond acceptors (Lipinski definition) is 2. The Kier molecular flexibility index (Phi) is 2.82. The Morgan fingerprint density at radius 1 is 1.12 bits per heavy atom. The third kappa shape index (κ3) is 2.33. The van der Waals surface area contributed by atoms with E-state index < -0.39 is 0 Å². The third-order valence-corrected chi connectivity index (χ3v) is 3.37. The van der Waals surface area contributed by atoms with Gasteiger partial charge in [0.15, 0.2) is 0 Å². The lowest BCUT2D eigenvalue weighted by molar-refractivity contribution is 0.749. The van der Waals surface area contributed by atoms with Crippen LogP contribution in [0.5, 0.6) is 0 Å². The second kappa shape index (κ2) is 4.62. The molecular weight excluding hydrogens is 210 g/mol. The molecule has 0 radical (unpaired) electrons. The van der Waals surface area contributed by atoms with Crippen LogP contribution in [0.15, 0.2) is 36.4 Å². The molecule has 0 atom stereocenters. The van der Waals surface area contributed by atoms with Gasteiger partial charge in [-0.2, -0.15) is 5.10 Å². The Bertz CT molecular complexity index is 469. The molecule has 3 nitrogen and oxygen atoms in total. The molecule has 2 aromatic rings. The Hall–Kier alpha value is -1.77. The number of benzene rings is 1. The van der Waals surface area contributed by atoms with Crippen molar-refractivity contribution in [1.29, 1.82) is 0 Å². The highest BCUT2D eigenvalue weighted by molar-refractivity contribution is 5.62. The summed E-state index contributed by atoms with van der Waals surface area (Å²) in [6, 6.07) is 13.0.